The van der Waals surface area contributed by atoms with Crippen LogP contribution in [0.25, 0.3) is 0 Å². The fourth-order valence-electron chi connectivity index (χ4n) is 0.226. The summed E-state index contributed by atoms with van der Waals surface area (Å²) in [6.07, 6.45) is 3.59. The Morgan fingerprint density at radius 3 is 2.38 bits per heavy atom. The van der Waals surface area contributed by atoms with Gasteiger partial charge in [0.2, 0.25) is 0 Å². The van der Waals surface area contributed by atoms with Gasteiger partial charge in [-0.25, -0.2) is 0 Å². The van der Waals surface area contributed by atoms with E-state index in [1.165, 1.54) is 0 Å². The van der Waals surface area contributed by atoms with Gasteiger partial charge in [-0.15, -0.1) is 0 Å². The van der Waals surface area contributed by atoms with E-state index in [-0.39, 0.29) is 0 Å². The lowest BCUT2D eigenvalue weighted by Gasteiger charge is -1.87. The highest BCUT2D eigenvalue weighted by Gasteiger charge is 1.86. The molecule has 0 radical (unpaired) electrons. The molecule has 46 valence electrons. The standard InChI is InChI=1S/C5H7ClIN/c1-2-3-4(6)5(7)8/h2-3H,8H2,1H3/b3-2-,5-4-. The Hall–Kier alpha value is 0.300. The van der Waals surface area contributed by atoms with Crippen LogP contribution in [0.1, 0.15) is 6.92 Å². The number of hydrogen-bond donors (Lipinski definition) is 1. The minimum Gasteiger partial charge on any atom is -0.393 e. The van der Waals surface area contributed by atoms with Gasteiger partial charge in [0.1, 0.15) is 0 Å². The molecule has 0 aromatic heterocycles. The van der Waals surface area contributed by atoms with E-state index in [0.717, 1.165) is 0 Å². The first kappa shape index (κ1) is 8.30. The van der Waals surface area contributed by atoms with Gasteiger partial charge < -0.3 is 5.73 Å². The van der Waals surface area contributed by atoms with Crippen molar-refractivity contribution in [2.45, 2.75) is 6.92 Å². The van der Waals surface area contributed by atoms with Crippen LogP contribution in [-0.4, -0.2) is 0 Å². The van der Waals surface area contributed by atoms with Crippen molar-refractivity contribution in [2.75, 3.05) is 0 Å². The molecule has 2 N–H and O–H groups in total. The SMILES string of the molecule is C/C=C\C(Cl)=C(\N)I. The first-order chi connectivity index (χ1) is 3.68. The van der Waals surface area contributed by atoms with Crippen LogP contribution in [0.4, 0.5) is 0 Å². The van der Waals surface area contributed by atoms with Crippen molar-refractivity contribution in [3.05, 3.63) is 20.9 Å². The molecule has 0 aliphatic heterocycles. The van der Waals surface area contributed by atoms with Crippen LogP contribution < -0.4 is 5.73 Å². The maximum atomic E-state index is 5.58. The quantitative estimate of drug-likeness (QED) is 0.427. The second-order valence-electron chi connectivity index (χ2n) is 1.20. The molecule has 0 aromatic carbocycles. The highest BCUT2D eigenvalue weighted by Crippen LogP contribution is 2.11. The van der Waals surface area contributed by atoms with Crippen molar-refractivity contribution < 1.29 is 0 Å². The third-order valence-corrected chi connectivity index (χ3v) is 1.77. The van der Waals surface area contributed by atoms with Gasteiger partial charge in [0, 0.05) is 0 Å². The Labute approximate surface area is 67.7 Å². The first-order valence-corrected chi connectivity index (χ1v) is 3.57. The topological polar surface area (TPSA) is 26.0 Å². The molecule has 0 atom stereocenters. The van der Waals surface area contributed by atoms with E-state index in [9.17, 15) is 0 Å². The largest absolute Gasteiger partial charge is 0.393 e. The van der Waals surface area contributed by atoms with Crippen molar-refractivity contribution in [3.63, 3.8) is 0 Å². The predicted molar refractivity (Wildman–Crippen MR) is 45.9 cm³/mol. The van der Waals surface area contributed by atoms with Crippen molar-refractivity contribution in [1.82, 2.24) is 0 Å². The Morgan fingerprint density at radius 1 is 1.75 bits per heavy atom. The molecular weight excluding hydrogens is 236 g/mol. The van der Waals surface area contributed by atoms with Crippen LogP contribution in [0, 0.1) is 0 Å². The van der Waals surface area contributed by atoms with Crippen LogP contribution in [0.3, 0.4) is 0 Å². The molecule has 0 rings (SSSR count). The van der Waals surface area contributed by atoms with Crippen LogP contribution in [-0.2, 0) is 0 Å². The Balaban J connectivity index is 4.00. The van der Waals surface area contributed by atoms with Gasteiger partial charge in [-0.3, -0.25) is 0 Å². The molecule has 0 bridgehead atoms. The van der Waals surface area contributed by atoms with E-state index in [2.05, 4.69) is 0 Å². The summed E-state index contributed by atoms with van der Waals surface area (Å²) in [5, 5.41) is 0.605. The minimum atomic E-state index is 0.605. The van der Waals surface area contributed by atoms with Crippen molar-refractivity contribution in [1.29, 1.82) is 0 Å². The molecule has 3 heteroatoms. The molecule has 0 saturated heterocycles. The zero-order valence-electron chi connectivity index (χ0n) is 4.49. The van der Waals surface area contributed by atoms with Crippen LogP contribution in [0.15, 0.2) is 20.9 Å². The molecule has 0 heterocycles. The lowest BCUT2D eigenvalue weighted by Crippen LogP contribution is -1.87. The zero-order chi connectivity index (χ0) is 6.57. The fourth-order valence-corrected chi connectivity index (χ4v) is 0.532. The van der Waals surface area contributed by atoms with Crippen molar-refractivity contribution in [3.8, 4) is 0 Å². The number of hydrogen-bond acceptors (Lipinski definition) is 1. The molecule has 0 aliphatic rings. The Bertz CT molecular complexity index is 124. The van der Waals surface area contributed by atoms with E-state index < -0.39 is 0 Å². The van der Waals surface area contributed by atoms with Crippen molar-refractivity contribution in [2.24, 2.45) is 5.73 Å². The van der Waals surface area contributed by atoms with Gasteiger partial charge in [0.05, 0.1) is 8.74 Å². The number of nitrogens with two attached hydrogens (primary N) is 1. The highest BCUT2D eigenvalue weighted by atomic mass is 127. The van der Waals surface area contributed by atoms with Crippen molar-refractivity contribution >= 4 is 34.2 Å². The Kier molecular flexibility index (Phi) is 4.36. The normalized spacial score (nSPS) is 14.4. The van der Waals surface area contributed by atoms with Crippen LogP contribution >= 0.6 is 34.2 Å². The first-order valence-electron chi connectivity index (χ1n) is 2.12. The number of allylic oxidation sites excluding steroid dienone is 3. The number of rotatable bonds is 1. The highest BCUT2D eigenvalue weighted by molar-refractivity contribution is 14.1. The van der Waals surface area contributed by atoms with Gasteiger partial charge in [-0.05, 0) is 35.6 Å². The average Bonchev–Trinajstić information content (AvgIpc) is 1.67. The lowest BCUT2D eigenvalue weighted by molar-refractivity contribution is 1.55. The third-order valence-electron chi connectivity index (χ3n) is 0.541. The summed E-state index contributed by atoms with van der Waals surface area (Å²) in [5.74, 6) is 0. The fraction of sp³-hybridized carbons (Fsp3) is 0.200. The molecule has 0 fully saturated rings. The smallest absolute Gasteiger partial charge is 0.0894 e. The summed E-state index contributed by atoms with van der Waals surface area (Å²) in [7, 11) is 0. The van der Waals surface area contributed by atoms with Gasteiger partial charge in [-0.1, -0.05) is 17.7 Å². The van der Waals surface area contributed by atoms with E-state index in [0.29, 0.717) is 8.74 Å². The lowest BCUT2D eigenvalue weighted by atomic mass is 10.5. The molecule has 0 spiro atoms. The molecule has 1 nitrogen and oxygen atoms in total. The summed E-state index contributed by atoms with van der Waals surface area (Å²) in [6, 6.07) is 0. The Morgan fingerprint density at radius 2 is 2.25 bits per heavy atom. The monoisotopic (exact) mass is 243 g/mol. The summed E-state index contributed by atoms with van der Waals surface area (Å²) in [4.78, 5) is 0. The van der Waals surface area contributed by atoms with E-state index in [1.54, 1.807) is 6.08 Å². The van der Waals surface area contributed by atoms with E-state index in [1.807, 2.05) is 35.6 Å². The second-order valence-corrected chi connectivity index (χ2v) is 2.77. The summed E-state index contributed by atoms with van der Waals surface area (Å²) >= 11 is 7.54. The maximum absolute atomic E-state index is 5.58. The molecule has 8 heavy (non-hydrogen) atoms. The molecule has 0 aliphatic carbocycles. The summed E-state index contributed by atoms with van der Waals surface area (Å²) in [6.45, 7) is 1.89. The minimum absolute atomic E-state index is 0.605. The summed E-state index contributed by atoms with van der Waals surface area (Å²) < 4.78 is 0.627. The third kappa shape index (κ3) is 3.32. The molecule has 0 saturated carbocycles. The average molecular weight is 243 g/mol. The predicted octanol–water partition coefficient (Wildman–Crippen LogP) is 2.36. The van der Waals surface area contributed by atoms with Crippen LogP contribution in [0.5, 0.6) is 0 Å². The van der Waals surface area contributed by atoms with Gasteiger partial charge in [-0.2, -0.15) is 0 Å². The van der Waals surface area contributed by atoms with Gasteiger partial charge in [0.25, 0.3) is 0 Å². The van der Waals surface area contributed by atoms with E-state index >= 15 is 0 Å². The molecule has 0 aromatic rings. The molecule has 0 unspecified atom stereocenters. The number of halogens is 2. The van der Waals surface area contributed by atoms with Gasteiger partial charge in [0.15, 0.2) is 0 Å². The van der Waals surface area contributed by atoms with Gasteiger partial charge >= 0.3 is 0 Å². The zero-order valence-corrected chi connectivity index (χ0v) is 7.40. The molecule has 0 amide bonds. The second kappa shape index (κ2) is 4.21. The van der Waals surface area contributed by atoms with Crippen LogP contribution in [0.2, 0.25) is 0 Å². The summed E-state index contributed by atoms with van der Waals surface area (Å²) in [5.41, 5.74) is 5.31. The maximum Gasteiger partial charge on any atom is 0.0894 e. The van der Waals surface area contributed by atoms with E-state index in [4.69, 9.17) is 17.3 Å². The molecular formula is C5H7ClIN.